The Morgan fingerprint density at radius 3 is 2.05 bits per heavy atom. The molecule has 2 aromatic carbocycles. The number of hydrogen-bond donors (Lipinski definition) is 8. The number of hydrogen-bond acceptors (Lipinski definition) is 7. The van der Waals surface area contributed by atoms with Gasteiger partial charge in [-0.3, -0.25) is 19.2 Å². The molecule has 13 nitrogen and oxygen atoms in total. The van der Waals surface area contributed by atoms with E-state index in [1.165, 1.54) is 24.3 Å². The maximum atomic E-state index is 13.5. The normalized spacial score (nSPS) is 14.0. The van der Waals surface area contributed by atoms with Crippen LogP contribution in [-0.4, -0.2) is 69.0 Å². The van der Waals surface area contributed by atoms with Crippen molar-refractivity contribution in [2.75, 3.05) is 0 Å². The molecule has 42 heavy (non-hydrogen) atoms. The number of benzene rings is 2. The molecular formula is C29H36N6O7. The predicted molar refractivity (Wildman–Crippen MR) is 154 cm³/mol. The van der Waals surface area contributed by atoms with E-state index in [1.807, 2.05) is 24.3 Å². The summed E-state index contributed by atoms with van der Waals surface area (Å²) in [5.74, 6) is -4.83. The summed E-state index contributed by atoms with van der Waals surface area (Å²) in [5, 5.41) is 27.8. The lowest BCUT2D eigenvalue weighted by Gasteiger charge is -2.25. The van der Waals surface area contributed by atoms with E-state index in [1.54, 1.807) is 20.0 Å². The molecule has 0 aliphatic heterocycles. The van der Waals surface area contributed by atoms with Crippen molar-refractivity contribution in [3.8, 4) is 5.75 Å². The highest BCUT2D eigenvalue weighted by atomic mass is 16.4. The lowest BCUT2D eigenvalue weighted by Crippen LogP contribution is -2.58. The lowest BCUT2D eigenvalue weighted by molar-refractivity contribution is -0.142. The topological polar surface area (TPSA) is 230 Å². The number of nitrogens with two attached hydrogens (primary N) is 2. The van der Waals surface area contributed by atoms with E-state index in [2.05, 4.69) is 20.9 Å². The zero-order valence-electron chi connectivity index (χ0n) is 23.3. The minimum atomic E-state index is -1.43. The number of carboxylic acids is 1. The highest BCUT2D eigenvalue weighted by Crippen LogP contribution is 2.19. The summed E-state index contributed by atoms with van der Waals surface area (Å²) in [7, 11) is 0. The van der Waals surface area contributed by atoms with Gasteiger partial charge in [0.05, 0.1) is 12.5 Å². The average Bonchev–Trinajstić information content (AvgIpc) is 3.34. The van der Waals surface area contributed by atoms with Gasteiger partial charge in [0.15, 0.2) is 0 Å². The number of nitrogens with one attached hydrogen (secondary N) is 4. The van der Waals surface area contributed by atoms with Crippen LogP contribution in [0.25, 0.3) is 10.9 Å². The first-order chi connectivity index (χ1) is 19.8. The van der Waals surface area contributed by atoms with Crippen LogP contribution in [0.4, 0.5) is 0 Å². The van der Waals surface area contributed by atoms with E-state index in [-0.39, 0.29) is 24.5 Å². The maximum Gasteiger partial charge on any atom is 0.326 e. The molecule has 10 N–H and O–H groups in total. The fourth-order valence-corrected chi connectivity index (χ4v) is 4.32. The SMILES string of the molecule is CC(C)C(N)C(=O)NC(CC(N)=O)C(=O)NC(Cc1ccc(O)cc1)C(=O)NC(Cc1c[nH]c2ccccc12)C(=O)O. The Labute approximate surface area is 242 Å². The van der Waals surface area contributed by atoms with Crippen LogP contribution in [0.2, 0.25) is 0 Å². The molecule has 0 saturated heterocycles. The number of carbonyl (C=O) groups is 5. The Morgan fingerprint density at radius 1 is 0.833 bits per heavy atom. The fraction of sp³-hybridized carbons (Fsp3) is 0.345. The second-order valence-electron chi connectivity index (χ2n) is 10.4. The smallest absolute Gasteiger partial charge is 0.326 e. The number of phenols is 1. The largest absolute Gasteiger partial charge is 0.508 e. The number of rotatable bonds is 14. The second kappa shape index (κ2) is 14.1. The molecule has 0 aliphatic rings. The van der Waals surface area contributed by atoms with Gasteiger partial charge in [0.25, 0.3) is 0 Å². The van der Waals surface area contributed by atoms with Crippen molar-refractivity contribution >= 4 is 40.5 Å². The molecule has 3 aromatic rings. The number of H-pyrrole nitrogens is 1. The van der Waals surface area contributed by atoms with Crippen LogP contribution >= 0.6 is 0 Å². The Balaban J connectivity index is 1.84. The van der Waals surface area contributed by atoms with Gasteiger partial charge < -0.3 is 42.6 Å². The molecule has 0 fully saturated rings. The lowest BCUT2D eigenvalue weighted by atomic mass is 10.0. The standard InChI is InChI=1S/C29H36N6O7/c1-15(2)25(31)28(40)34-22(13-24(30)37)27(39)33-21(11-16-7-9-18(36)10-8-16)26(38)35-23(29(41)42)12-17-14-32-20-6-4-3-5-19(17)20/h3-10,14-15,21-23,25,32,36H,11-13,31H2,1-2H3,(H2,30,37)(H,33,39)(H,34,40)(H,35,38)(H,41,42). The molecule has 4 amide bonds. The van der Waals surface area contributed by atoms with Crippen LogP contribution in [0.15, 0.2) is 54.7 Å². The fourth-order valence-electron chi connectivity index (χ4n) is 4.32. The van der Waals surface area contributed by atoms with Gasteiger partial charge in [0.2, 0.25) is 23.6 Å². The number of amides is 4. The van der Waals surface area contributed by atoms with Crippen molar-refractivity contribution in [1.82, 2.24) is 20.9 Å². The number of fused-ring (bicyclic) bond motifs is 1. The summed E-state index contributed by atoms with van der Waals surface area (Å²) in [6, 6.07) is 8.10. The molecule has 13 heteroatoms. The Morgan fingerprint density at radius 2 is 1.43 bits per heavy atom. The summed E-state index contributed by atoms with van der Waals surface area (Å²) in [6.45, 7) is 3.42. The van der Waals surface area contributed by atoms with E-state index in [0.29, 0.717) is 11.1 Å². The van der Waals surface area contributed by atoms with Crippen molar-refractivity contribution in [3.63, 3.8) is 0 Å². The molecule has 0 saturated carbocycles. The van der Waals surface area contributed by atoms with Gasteiger partial charge in [-0.1, -0.05) is 44.2 Å². The number of aromatic hydroxyl groups is 1. The van der Waals surface area contributed by atoms with Crippen LogP contribution in [-0.2, 0) is 36.8 Å². The van der Waals surface area contributed by atoms with Crippen LogP contribution in [0, 0.1) is 5.92 Å². The first-order valence-electron chi connectivity index (χ1n) is 13.4. The van der Waals surface area contributed by atoms with Crippen molar-refractivity contribution in [2.24, 2.45) is 17.4 Å². The van der Waals surface area contributed by atoms with Gasteiger partial charge in [0.1, 0.15) is 23.9 Å². The number of aromatic nitrogens is 1. The molecule has 0 spiro atoms. The highest BCUT2D eigenvalue weighted by Gasteiger charge is 2.32. The summed E-state index contributed by atoms with van der Waals surface area (Å²) < 4.78 is 0. The minimum Gasteiger partial charge on any atom is -0.508 e. The van der Waals surface area contributed by atoms with Crippen molar-refractivity contribution < 1.29 is 34.2 Å². The van der Waals surface area contributed by atoms with Gasteiger partial charge in [-0.25, -0.2) is 4.79 Å². The Bertz CT molecular complexity index is 1440. The molecule has 1 aromatic heterocycles. The Hall–Kier alpha value is -4.91. The Kier molecular flexibility index (Phi) is 10.6. The number of aromatic amines is 1. The number of para-hydroxylation sites is 1. The van der Waals surface area contributed by atoms with Gasteiger partial charge in [-0.2, -0.15) is 0 Å². The molecule has 4 atom stereocenters. The van der Waals surface area contributed by atoms with E-state index in [9.17, 15) is 34.2 Å². The van der Waals surface area contributed by atoms with Crippen LogP contribution in [0.5, 0.6) is 5.75 Å². The highest BCUT2D eigenvalue weighted by molar-refractivity contribution is 5.96. The molecule has 1 heterocycles. The number of aliphatic carboxylic acids is 1. The third-order valence-electron chi connectivity index (χ3n) is 6.78. The van der Waals surface area contributed by atoms with Gasteiger partial charge >= 0.3 is 5.97 Å². The van der Waals surface area contributed by atoms with Crippen molar-refractivity contribution in [3.05, 3.63) is 65.9 Å². The maximum absolute atomic E-state index is 13.5. The second-order valence-corrected chi connectivity index (χ2v) is 10.4. The van der Waals surface area contributed by atoms with E-state index >= 15 is 0 Å². The molecule has 0 aliphatic carbocycles. The van der Waals surface area contributed by atoms with Gasteiger partial charge in [-0.05, 0) is 35.2 Å². The minimum absolute atomic E-state index is 0.0146. The first-order valence-corrected chi connectivity index (χ1v) is 13.4. The molecule has 3 rings (SSSR count). The van der Waals surface area contributed by atoms with E-state index in [0.717, 1.165) is 10.9 Å². The summed E-state index contributed by atoms with van der Waals surface area (Å²) in [6.07, 6.45) is 0.966. The van der Waals surface area contributed by atoms with Crippen molar-refractivity contribution in [2.45, 2.75) is 57.3 Å². The van der Waals surface area contributed by atoms with Crippen LogP contribution in [0.1, 0.15) is 31.4 Å². The number of carboxylic acid groups (broad SMARTS) is 1. The average molecular weight is 581 g/mol. The monoisotopic (exact) mass is 580 g/mol. The summed E-state index contributed by atoms with van der Waals surface area (Å²) in [4.78, 5) is 66.2. The van der Waals surface area contributed by atoms with Crippen molar-refractivity contribution in [1.29, 1.82) is 0 Å². The third-order valence-corrected chi connectivity index (χ3v) is 6.78. The number of primary amides is 1. The molecule has 0 radical (unpaired) electrons. The zero-order chi connectivity index (χ0) is 31.0. The first kappa shape index (κ1) is 31.6. The molecule has 224 valence electrons. The van der Waals surface area contributed by atoms with E-state index in [4.69, 9.17) is 11.5 Å². The number of phenolic OH excluding ortho intramolecular Hbond substituents is 1. The summed E-state index contributed by atoms with van der Waals surface area (Å²) in [5.41, 5.74) is 13.2. The van der Waals surface area contributed by atoms with Crippen LogP contribution in [0.3, 0.4) is 0 Å². The molecular weight excluding hydrogens is 544 g/mol. The van der Waals surface area contributed by atoms with E-state index < -0.39 is 60.2 Å². The third kappa shape index (κ3) is 8.54. The molecule has 0 bridgehead atoms. The predicted octanol–water partition coefficient (Wildman–Crippen LogP) is 0.0564. The van der Waals surface area contributed by atoms with Gasteiger partial charge in [0, 0.05) is 29.9 Å². The summed E-state index contributed by atoms with van der Waals surface area (Å²) >= 11 is 0. The molecule has 4 unspecified atom stereocenters. The number of carbonyl (C=O) groups excluding carboxylic acids is 4. The zero-order valence-corrected chi connectivity index (χ0v) is 23.3. The van der Waals surface area contributed by atoms with Crippen LogP contribution < -0.4 is 27.4 Å². The quantitative estimate of drug-likeness (QED) is 0.130. The van der Waals surface area contributed by atoms with Gasteiger partial charge in [-0.15, -0.1) is 0 Å².